The molecular weight excluding hydrogens is 248 g/mol. The van der Waals surface area contributed by atoms with Crippen molar-refractivity contribution in [3.63, 3.8) is 0 Å². The number of halogens is 1. The van der Waals surface area contributed by atoms with Gasteiger partial charge in [0, 0.05) is 24.2 Å². The van der Waals surface area contributed by atoms with Crippen LogP contribution in [0.25, 0.3) is 11.3 Å². The van der Waals surface area contributed by atoms with Crippen molar-refractivity contribution < 1.29 is 5.11 Å². The second kappa shape index (κ2) is 4.75. The summed E-state index contributed by atoms with van der Waals surface area (Å²) >= 11 is 6.19. The van der Waals surface area contributed by atoms with E-state index in [1.807, 2.05) is 30.5 Å². The average Bonchev–Trinajstić information content (AvgIpc) is 2.82. The third-order valence-corrected chi connectivity index (χ3v) is 3.82. The molecule has 2 heterocycles. The summed E-state index contributed by atoms with van der Waals surface area (Å²) in [5.41, 5.74) is 1.86. The molecule has 3 nitrogen and oxygen atoms in total. The van der Waals surface area contributed by atoms with Crippen LogP contribution in [0.15, 0.2) is 30.5 Å². The molecule has 0 saturated heterocycles. The molecule has 2 aromatic rings. The Morgan fingerprint density at radius 2 is 2.22 bits per heavy atom. The van der Waals surface area contributed by atoms with Crippen LogP contribution >= 0.6 is 11.6 Å². The van der Waals surface area contributed by atoms with Crippen LogP contribution in [0, 0.1) is 0 Å². The molecule has 0 spiro atoms. The quantitative estimate of drug-likeness (QED) is 0.903. The highest BCUT2D eigenvalue weighted by atomic mass is 35.5. The van der Waals surface area contributed by atoms with Crippen LogP contribution in [0.4, 0.5) is 0 Å². The second-order valence-corrected chi connectivity index (χ2v) is 5.09. The Hall–Kier alpha value is -1.32. The van der Waals surface area contributed by atoms with Crippen molar-refractivity contribution in [3.05, 3.63) is 41.3 Å². The van der Waals surface area contributed by atoms with Crippen LogP contribution in [0.3, 0.4) is 0 Å². The lowest BCUT2D eigenvalue weighted by atomic mass is 10.0. The van der Waals surface area contributed by atoms with Crippen LogP contribution in [0.5, 0.6) is 0 Å². The highest BCUT2D eigenvalue weighted by Gasteiger charge is 2.23. The summed E-state index contributed by atoms with van der Waals surface area (Å²) in [4.78, 5) is 4.65. The average molecular weight is 263 g/mol. The molecule has 18 heavy (non-hydrogen) atoms. The van der Waals surface area contributed by atoms with E-state index in [0.717, 1.165) is 36.5 Å². The van der Waals surface area contributed by atoms with Gasteiger partial charge in [0.1, 0.15) is 5.82 Å². The summed E-state index contributed by atoms with van der Waals surface area (Å²) in [5.74, 6) is 1.15. The number of aryl methyl sites for hydroxylation is 1. The molecule has 4 heteroatoms. The van der Waals surface area contributed by atoms with E-state index >= 15 is 0 Å². The molecule has 0 bridgehead atoms. The minimum Gasteiger partial charge on any atom is -0.396 e. The van der Waals surface area contributed by atoms with Crippen molar-refractivity contribution in [1.82, 2.24) is 9.55 Å². The first-order chi connectivity index (χ1) is 8.79. The fourth-order valence-electron chi connectivity index (χ4n) is 2.54. The van der Waals surface area contributed by atoms with Gasteiger partial charge >= 0.3 is 0 Å². The van der Waals surface area contributed by atoms with E-state index in [0.29, 0.717) is 5.02 Å². The molecule has 0 saturated carbocycles. The zero-order valence-electron chi connectivity index (χ0n) is 10.0. The lowest BCUT2D eigenvalue weighted by molar-refractivity contribution is 0.238. The van der Waals surface area contributed by atoms with E-state index in [9.17, 15) is 5.11 Å². The van der Waals surface area contributed by atoms with Gasteiger partial charge in [-0.3, -0.25) is 0 Å². The maximum atomic E-state index is 9.39. The van der Waals surface area contributed by atoms with Crippen LogP contribution in [-0.4, -0.2) is 21.3 Å². The molecule has 1 aromatic carbocycles. The van der Waals surface area contributed by atoms with Crippen molar-refractivity contribution in [3.8, 4) is 11.3 Å². The largest absolute Gasteiger partial charge is 0.396 e. The zero-order valence-corrected chi connectivity index (χ0v) is 10.8. The third kappa shape index (κ3) is 1.93. The van der Waals surface area contributed by atoms with Crippen LogP contribution in [0.1, 0.15) is 24.6 Å². The number of aliphatic hydroxyl groups is 1. The Bertz CT molecular complexity index is 565. The van der Waals surface area contributed by atoms with Crippen molar-refractivity contribution in [2.24, 2.45) is 0 Å². The van der Waals surface area contributed by atoms with E-state index < -0.39 is 0 Å². The molecule has 1 aliphatic heterocycles. The van der Waals surface area contributed by atoms with Gasteiger partial charge in [-0.15, -0.1) is 0 Å². The fraction of sp³-hybridized carbons (Fsp3) is 0.357. The summed E-state index contributed by atoms with van der Waals surface area (Å²) in [5, 5.41) is 10.1. The first kappa shape index (κ1) is 11.8. The second-order valence-electron chi connectivity index (χ2n) is 4.68. The summed E-state index contributed by atoms with van der Waals surface area (Å²) < 4.78 is 2.14. The standard InChI is InChI=1S/C14H15ClN2O/c15-12-6-2-1-5-11(12)13-8-17-7-3-4-10(9-18)14(17)16-13/h1-2,5-6,8,10,18H,3-4,7,9H2. The summed E-state index contributed by atoms with van der Waals surface area (Å²) in [6.45, 7) is 1.14. The number of nitrogens with zero attached hydrogens (tertiary/aromatic N) is 2. The number of hydrogen-bond acceptors (Lipinski definition) is 2. The molecule has 1 N–H and O–H groups in total. The maximum Gasteiger partial charge on any atom is 0.114 e. The minimum absolute atomic E-state index is 0.162. The highest BCUT2D eigenvalue weighted by Crippen LogP contribution is 2.32. The summed E-state index contributed by atoms with van der Waals surface area (Å²) in [7, 11) is 0. The Morgan fingerprint density at radius 3 is 3.00 bits per heavy atom. The van der Waals surface area contributed by atoms with E-state index in [1.54, 1.807) is 0 Å². The highest BCUT2D eigenvalue weighted by molar-refractivity contribution is 6.33. The van der Waals surface area contributed by atoms with Crippen molar-refractivity contribution in [2.45, 2.75) is 25.3 Å². The van der Waals surface area contributed by atoms with Gasteiger partial charge in [-0.2, -0.15) is 0 Å². The zero-order chi connectivity index (χ0) is 12.5. The van der Waals surface area contributed by atoms with Gasteiger partial charge in [0.15, 0.2) is 0 Å². The Balaban J connectivity index is 2.05. The van der Waals surface area contributed by atoms with E-state index in [1.165, 1.54) is 0 Å². The van der Waals surface area contributed by atoms with Crippen LogP contribution < -0.4 is 0 Å². The molecule has 0 fully saturated rings. The smallest absolute Gasteiger partial charge is 0.114 e. The number of imidazole rings is 1. The monoisotopic (exact) mass is 262 g/mol. The predicted octanol–water partition coefficient (Wildman–Crippen LogP) is 3.07. The number of hydrogen-bond donors (Lipinski definition) is 1. The lowest BCUT2D eigenvalue weighted by Gasteiger charge is -2.21. The number of aliphatic hydroxyl groups excluding tert-OH is 1. The van der Waals surface area contributed by atoms with Gasteiger partial charge in [-0.05, 0) is 18.9 Å². The first-order valence-electron chi connectivity index (χ1n) is 6.22. The van der Waals surface area contributed by atoms with Crippen LogP contribution in [-0.2, 0) is 6.54 Å². The summed E-state index contributed by atoms with van der Waals surface area (Å²) in [6.07, 6.45) is 4.14. The van der Waals surface area contributed by atoms with E-state index in [2.05, 4.69) is 9.55 Å². The minimum atomic E-state index is 0.162. The number of aromatic nitrogens is 2. The number of benzene rings is 1. The third-order valence-electron chi connectivity index (χ3n) is 3.49. The van der Waals surface area contributed by atoms with Gasteiger partial charge in [-0.25, -0.2) is 4.98 Å². The van der Waals surface area contributed by atoms with Crippen molar-refractivity contribution in [1.29, 1.82) is 0 Å². The first-order valence-corrected chi connectivity index (χ1v) is 6.60. The number of fused-ring (bicyclic) bond motifs is 1. The maximum absolute atomic E-state index is 9.39. The predicted molar refractivity (Wildman–Crippen MR) is 71.7 cm³/mol. The lowest BCUT2D eigenvalue weighted by Crippen LogP contribution is -2.18. The molecule has 1 aromatic heterocycles. The molecule has 94 valence electrons. The number of rotatable bonds is 2. The molecule has 1 unspecified atom stereocenters. The topological polar surface area (TPSA) is 38.0 Å². The molecule has 3 rings (SSSR count). The van der Waals surface area contributed by atoms with Gasteiger partial charge in [-0.1, -0.05) is 29.8 Å². The Labute approximate surface area is 111 Å². The Kier molecular flexibility index (Phi) is 3.10. The SMILES string of the molecule is OCC1CCCn2cc(-c3ccccc3Cl)nc21. The van der Waals surface area contributed by atoms with Crippen molar-refractivity contribution in [2.75, 3.05) is 6.61 Å². The van der Waals surface area contributed by atoms with Crippen LogP contribution in [0.2, 0.25) is 5.02 Å². The van der Waals surface area contributed by atoms with Crippen molar-refractivity contribution >= 4 is 11.6 Å². The molecule has 0 amide bonds. The fourth-order valence-corrected chi connectivity index (χ4v) is 2.78. The molecule has 0 radical (unpaired) electrons. The molecule has 0 aliphatic carbocycles. The van der Waals surface area contributed by atoms with Gasteiger partial charge in [0.25, 0.3) is 0 Å². The van der Waals surface area contributed by atoms with E-state index in [-0.39, 0.29) is 12.5 Å². The normalized spacial score (nSPS) is 18.7. The van der Waals surface area contributed by atoms with Gasteiger partial charge < -0.3 is 9.67 Å². The molecule has 1 atom stereocenters. The van der Waals surface area contributed by atoms with Gasteiger partial charge in [0.05, 0.1) is 17.3 Å². The Morgan fingerprint density at radius 1 is 1.39 bits per heavy atom. The summed E-state index contributed by atoms with van der Waals surface area (Å²) in [6, 6.07) is 7.73. The molecule has 1 aliphatic rings. The van der Waals surface area contributed by atoms with Gasteiger partial charge in [0.2, 0.25) is 0 Å². The van der Waals surface area contributed by atoms with E-state index in [4.69, 9.17) is 11.6 Å². The molecular formula is C14H15ClN2O.